The lowest BCUT2D eigenvalue weighted by molar-refractivity contribution is -0.153. The SMILES string of the molecule is CCCNCc1cc(Br)c(OCC(F)(F)F)c(OC)c1. The fourth-order valence-electron chi connectivity index (χ4n) is 1.58. The van der Waals surface area contributed by atoms with Gasteiger partial charge in [0.05, 0.1) is 11.6 Å². The summed E-state index contributed by atoms with van der Waals surface area (Å²) >= 11 is 3.22. The zero-order valence-corrected chi connectivity index (χ0v) is 12.9. The Morgan fingerprint density at radius 3 is 2.55 bits per heavy atom. The Hall–Kier alpha value is -0.950. The summed E-state index contributed by atoms with van der Waals surface area (Å²) in [7, 11) is 1.39. The van der Waals surface area contributed by atoms with E-state index in [0.29, 0.717) is 11.0 Å². The van der Waals surface area contributed by atoms with Crippen LogP contribution >= 0.6 is 15.9 Å². The maximum absolute atomic E-state index is 12.2. The molecule has 3 nitrogen and oxygen atoms in total. The van der Waals surface area contributed by atoms with Crippen molar-refractivity contribution in [2.24, 2.45) is 0 Å². The molecule has 1 rings (SSSR count). The van der Waals surface area contributed by atoms with Crippen LogP contribution in [-0.2, 0) is 6.54 Å². The summed E-state index contributed by atoms with van der Waals surface area (Å²) in [5, 5.41) is 3.21. The van der Waals surface area contributed by atoms with Gasteiger partial charge < -0.3 is 14.8 Å². The third-order valence-corrected chi connectivity index (χ3v) is 3.01. The molecule has 0 bridgehead atoms. The van der Waals surface area contributed by atoms with Crippen LogP contribution in [0.3, 0.4) is 0 Å². The third kappa shape index (κ3) is 5.58. The van der Waals surface area contributed by atoms with Crippen molar-refractivity contribution < 1.29 is 22.6 Å². The molecule has 0 saturated carbocycles. The van der Waals surface area contributed by atoms with Crippen LogP contribution in [0.15, 0.2) is 16.6 Å². The zero-order chi connectivity index (χ0) is 15.2. The van der Waals surface area contributed by atoms with Crippen LogP contribution in [0.25, 0.3) is 0 Å². The van der Waals surface area contributed by atoms with Gasteiger partial charge >= 0.3 is 6.18 Å². The summed E-state index contributed by atoms with van der Waals surface area (Å²) < 4.78 is 46.9. The average molecular weight is 356 g/mol. The van der Waals surface area contributed by atoms with Gasteiger partial charge in [-0.05, 0) is 46.6 Å². The number of hydrogen-bond donors (Lipinski definition) is 1. The molecule has 0 unspecified atom stereocenters. The van der Waals surface area contributed by atoms with E-state index >= 15 is 0 Å². The fraction of sp³-hybridized carbons (Fsp3) is 0.538. The molecule has 1 aromatic rings. The lowest BCUT2D eigenvalue weighted by Gasteiger charge is -2.15. The zero-order valence-electron chi connectivity index (χ0n) is 11.3. The molecule has 1 N–H and O–H groups in total. The second-order valence-electron chi connectivity index (χ2n) is 4.19. The predicted octanol–water partition coefficient (Wildman–Crippen LogP) is 3.90. The lowest BCUT2D eigenvalue weighted by atomic mass is 10.2. The minimum atomic E-state index is -4.38. The Bertz CT molecular complexity index is 438. The van der Waals surface area contributed by atoms with Crippen LogP contribution in [-0.4, -0.2) is 26.4 Å². The molecule has 0 aliphatic carbocycles. The van der Waals surface area contributed by atoms with Crippen molar-refractivity contribution in [1.29, 1.82) is 0 Å². The number of benzene rings is 1. The molecule has 0 saturated heterocycles. The molecule has 0 radical (unpaired) electrons. The van der Waals surface area contributed by atoms with Gasteiger partial charge in [0.2, 0.25) is 0 Å². The van der Waals surface area contributed by atoms with Crippen LogP contribution in [0.4, 0.5) is 13.2 Å². The highest BCUT2D eigenvalue weighted by atomic mass is 79.9. The molecular weight excluding hydrogens is 339 g/mol. The summed E-state index contributed by atoms with van der Waals surface area (Å²) in [6.07, 6.45) is -3.38. The number of nitrogens with one attached hydrogen (secondary N) is 1. The largest absolute Gasteiger partial charge is 0.493 e. The van der Waals surface area contributed by atoms with Crippen LogP contribution in [0.2, 0.25) is 0 Å². The second kappa shape index (κ2) is 7.73. The average Bonchev–Trinajstić information content (AvgIpc) is 2.36. The van der Waals surface area contributed by atoms with Crippen molar-refractivity contribution >= 4 is 15.9 Å². The van der Waals surface area contributed by atoms with Gasteiger partial charge in [-0.1, -0.05) is 6.92 Å². The maximum atomic E-state index is 12.2. The number of methoxy groups -OCH3 is 1. The lowest BCUT2D eigenvalue weighted by Crippen LogP contribution is -2.20. The van der Waals surface area contributed by atoms with Gasteiger partial charge in [-0.2, -0.15) is 13.2 Å². The molecule has 0 heterocycles. The number of alkyl halides is 3. The first-order valence-electron chi connectivity index (χ1n) is 6.14. The first-order valence-corrected chi connectivity index (χ1v) is 6.93. The van der Waals surface area contributed by atoms with Crippen molar-refractivity contribution in [2.45, 2.75) is 26.1 Å². The van der Waals surface area contributed by atoms with Gasteiger partial charge in [0.15, 0.2) is 18.1 Å². The standard InChI is InChI=1S/C13H17BrF3NO2/c1-3-4-18-7-9-5-10(14)12(11(6-9)19-2)20-8-13(15,16)17/h5-6,18H,3-4,7-8H2,1-2H3. The van der Waals surface area contributed by atoms with Crippen LogP contribution in [0, 0.1) is 0 Å². The minimum absolute atomic E-state index is 0.0593. The van der Waals surface area contributed by atoms with E-state index in [2.05, 4.69) is 28.2 Å². The highest BCUT2D eigenvalue weighted by Crippen LogP contribution is 2.37. The van der Waals surface area contributed by atoms with E-state index in [-0.39, 0.29) is 11.5 Å². The summed E-state index contributed by atoms with van der Waals surface area (Å²) in [5.41, 5.74) is 0.904. The predicted molar refractivity (Wildman–Crippen MR) is 74.2 cm³/mol. The molecule has 0 fully saturated rings. The summed E-state index contributed by atoms with van der Waals surface area (Å²) in [6, 6.07) is 3.38. The number of halogens is 4. The molecular formula is C13H17BrF3NO2. The number of rotatable bonds is 7. The molecule has 0 amide bonds. The Morgan fingerprint density at radius 1 is 1.30 bits per heavy atom. The Labute approximate surface area is 124 Å². The van der Waals surface area contributed by atoms with Gasteiger partial charge in [0, 0.05) is 6.54 Å². The maximum Gasteiger partial charge on any atom is 0.422 e. The van der Waals surface area contributed by atoms with E-state index in [0.717, 1.165) is 18.5 Å². The van der Waals surface area contributed by atoms with Crippen LogP contribution in [0.5, 0.6) is 11.5 Å². The van der Waals surface area contributed by atoms with E-state index < -0.39 is 12.8 Å². The molecule has 7 heteroatoms. The summed E-state index contributed by atoms with van der Waals surface area (Å²) in [4.78, 5) is 0. The molecule has 0 aliphatic rings. The first kappa shape index (κ1) is 17.1. The monoisotopic (exact) mass is 355 g/mol. The molecule has 114 valence electrons. The second-order valence-corrected chi connectivity index (χ2v) is 5.04. The van der Waals surface area contributed by atoms with Crippen molar-refractivity contribution in [3.05, 3.63) is 22.2 Å². The summed E-state index contributed by atoms with van der Waals surface area (Å²) in [5.74, 6) is 0.334. The van der Waals surface area contributed by atoms with Crippen molar-refractivity contribution in [2.75, 3.05) is 20.3 Å². The highest BCUT2D eigenvalue weighted by molar-refractivity contribution is 9.10. The third-order valence-electron chi connectivity index (χ3n) is 2.43. The van der Waals surface area contributed by atoms with E-state index in [1.54, 1.807) is 12.1 Å². The topological polar surface area (TPSA) is 30.5 Å². The quantitative estimate of drug-likeness (QED) is 0.752. The van der Waals surface area contributed by atoms with Crippen molar-refractivity contribution in [1.82, 2.24) is 5.32 Å². The van der Waals surface area contributed by atoms with Gasteiger partial charge in [-0.3, -0.25) is 0 Å². The van der Waals surface area contributed by atoms with Crippen LogP contribution < -0.4 is 14.8 Å². The van der Waals surface area contributed by atoms with Crippen LogP contribution in [0.1, 0.15) is 18.9 Å². The molecule has 0 aromatic heterocycles. The van der Waals surface area contributed by atoms with Crippen molar-refractivity contribution in [3.63, 3.8) is 0 Å². The normalized spacial score (nSPS) is 11.5. The first-order chi connectivity index (χ1) is 9.37. The Morgan fingerprint density at radius 2 is 2.00 bits per heavy atom. The van der Waals surface area contributed by atoms with E-state index in [4.69, 9.17) is 9.47 Å². The van der Waals surface area contributed by atoms with Gasteiger partial charge in [-0.25, -0.2) is 0 Å². The van der Waals surface area contributed by atoms with Gasteiger partial charge in [0.25, 0.3) is 0 Å². The number of ether oxygens (including phenoxy) is 2. The van der Waals surface area contributed by atoms with Crippen molar-refractivity contribution in [3.8, 4) is 11.5 Å². The van der Waals surface area contributed by atoms with E-state index in [1.165, 1.54) is 7.11 Å². The smallest absolute Gasteiger partial charge is 0.422 e. The fourth-order valence-corrected chi connectivity index (χ4v) is 2.18. The molecule has 0 atom stereocenters. The van der Waals surface area contributed by atoms with E-state index in [1.807, 2.05) is 0 Å². The molecule has 20 heavy (non-hydrogen) atoms. The number of hydrogen-bond acceptors (Lipinski definition) is 3. The van der Waals surface area contributed by atoms with Gasteiger partial charge in [-0.15, -0.1) is 0 Å². The minimum Gasteiger partial charge on any atom is -0.493 e. The molecule has 0 aliphatic heterocycles. The Kier molecular flexibility index (Phi) is 6.61. The highest BCUT2D eigenvalue weighted by Gasteiger charge is 2.29. The van der Waals surface area contributed by atoms with E-state index in [9.17, 15) is 13.2 Å². The Balaban J connectivity index is 2.84. The molecule has 1 aromatic carbocycles. The molecule has 0 spiro atoms. The summed E-state index contributed by atoms with van der Waals surface area (Å²) in [6.45, 7) is 2.18. The van der Waals surface area contributed by atoms with Gasteiger partial charge in [0.1, 0.15) is 0 Å².